The van der Waals surface area contributed by atoms with Gasteiger partial charge in [-0.05, 0) is 18.2 Å². The zero-order valence-electron chi connectivity index (χ0n) is 12.3. The van der Waals surface area contributed by atoms with Crippen LogP contribution in [0.4, 0.5) is 30.6 Å². The first-order chi connectivity index (χ1) is 11.4. The highest BCUT2D eigenvalue weighted by Gasteiger charge is 2.33. The van der Waals surface area contributed by atoms with Crippen LogP contribution in [0.15, 0.2) is 24.4 Å². The Morgan fingerprint density at radius 2 is 1.96 bits per heavy atom. The summed E-state index contributed by atoms with van der Waals surface area (Å²) in [6.07, 6.45) is -3.19. The summed E-state index contributed by atoms with van der Waals surface area (Å²) in [6, 6.07) is 3.55. The van der Waals surface area contributed by atoms with Gasteiger partial charge in [0, 0.05) is 18.8 Å². The Bertz CT molecular complexity index is 722. The van der Waals surface area contributed by atoms with Crippen molar-refractivity contribution in [2.75, 3.05) is 36.5 Å². The second kappa shape index (κ2) is 6.78. The Kier molecular flexibility index (Phi) is 4.72. The van der Waals surface area contributed by atoms with Gasteiger partial charge in [-0.3, -0.25) is 0 Å². The molecule has 1 fully saturated rings. The molecule has 0 saturated carbocycles. The van der Waals surface area contributed by atoms with Gasteiger partial charge in [-0.2, -0.15) is 23.3 Å². The molecule has 0 radical (unpaired) electrons. The van der Waals surface area contributed by atoms with E-state index in [4.69, 9.17) is 16.3 Å². The van der Waals surface area contributed by atoms with E-state index in [0.717, 1.165) is 6.07 Å². The first-order valence-corrected chi connectivity index (χ1v) is 7.47. The van der Waals surface area contributed by atoms with E-state index in [2.05, 4.69) is 20.5 Å². The third-order valence-corrected chi connectivity index (χ3v) is 3.72. The van der Waals surface area contributed by atoms with Gasteiger partial charge < -0.3 is 15.0 Å². The van der Waals surface area contributed by atoms with Crippen molar-refractivity contribution >= 4 is 29.1 Å². The predicted molar refractivity (Wildman–Crippen MR) is 82.6 cm³/mol. The standard InChI is InChI=1S/C14H13ClF3N5O/c15-11-2-1-9(7-10(11)14(16,17)18)20-12-8-19-22-13(21-12)23-3-5-24-6-4-23/h1-2,7-8H,3-6H2,(H,20,21,22). The summed E-state index contributed by atoms with van der Waals surface area (Å²) < 4.78 is 44.0. The lowest BCUT2D eigenvalue weighted by Gasteiger charge is -2.26. The molecule has 2 aromatic rings. The summed E-state index contributed by atoms with van der Waals surface area (Å²) in [5.74, 6) is 0.690. The summed E-state index contributed by atoms with van der Waals surface area (Å²) in [4.78, 5) is 6.17. The van der Waals surface area contributed by atoms with Gasteiger partial charge in [0.2, 0.25) is 5.95 Å². The summed E-state index contributed by atoms with van der Waals surface area (Å²) in [5.41, 5.74) is -0.704. The van der Waals surface area contributed by atoms with Gasteiger partial charge in [0.15, 0.2) is 5.82 Å². The average Bonchev–Trinajstić information content (AvgIpc) is 2.57. The number of aromatic nitrogens is 3. The Hall–Kier alpha value is -2.13. The summed E-state index contributed by atoms with van der Waals surface area (Å²) >= 11 is 5.61. The van der Waals surface area contributed by atoms with Crippen LogP contribution in [0.1, 0.15) is 5.56 Å². The molecule has 6 nitrogen and oxygen atoms in total. The molecule has 0 bridgehead atoms. The molecule has 10 heteroatoms. The fourth-order valence-corrected chi connectivity index (χ4v) is 2.44. The van der Waals surface area contributed by atoms with E-state index >= 15 is 0 Å². The van der Waals surface area contributed by atoms with E-state index in [1.807, 2.05) is 4.90 Å². The van der Waals surface area contributed by atoms with Gasteiger partial charge in [-0.25, -0.2) is 0 Å². The van der Waals surface area contributed by atoms with Crippen molar-refractivity contribution in [1.29, 1.82) is 0 Å². The highest BCUT2D eigenvalue weighted by atomic mass is 35.5. The van der Waals surface area contributed by atoms with Crippen molar-refractivity contribution in [1.82, 2.24) is 15.2 Å². The number of hydrogen-bond acceptors (Lipinski definition) is 6. The van der Waals surface area contributed by atoms with Gasteiger partial charge in [0.05, 0.1) is 30.0 Å². The number of alkyl halides is 3. The average molecular weight is 360 g/mol. The minimum atomic E-state index is -4.53. The topological polar surface area (TPSA) is 63.2 Å². The normalized spacial score (nSPS) is 15.4. The maximum Gasteiger partial charge on any atom is 0.417 e. The van der Waals surface area contributed by atoms with Gasteiger partial charge in [-0.1, -0.05) is 11.6 Å². The predicted octanol–water partition coefficient (Wildman–Crippen LogP) is 3.12. The number of nitrogens with zero attached hydrogens (tertiary/aromatic N) is 4. The molecule has 0 aliphatic carbocycles. The van der Waals surface area contributed by atoms with Gasteiger partial charge in [-0.15, -0.1) is 5.10 Å². The second-order valence-electron chi connectivity index (χ2n) is 5.06. The van der Waals surface area contributed by atoms with Crippen molar-refractivity contribution in [2.24, 2.45) is 0 Å². The van der Waals surface area contributed by atoms with E-state index < -0.39 is 11.7 Å². The molecule has 1 aliphatic heterocycles. The Balaban J connectivity index is 1.81. The quantitative estimate of drug-likeness (QED) is 0.908. The largest absolute Gasteiger partial charge is 0.417 e. The van der Waals surface area contributed by atoms with Crippen LogP contribution in [-0.4, -0.2) is 41.5 Å². The maximum atomic E-state index is 12.9. The minimum Gasteiger partial charge on any atom is -0.378 e. The number of rotatable bonds is 3. The molecule has 0 unspecified atom stereocenters. The summed E-state index contributed by atoms with van der Waals surface area (Å²) in [6.45, 7) is 2.38. The van der Waals surface area contributed by atoms with Crippen LogP contribution < -0.4 is 10.2 Å². The smallest absolute Gasteiger partial charge is 0.378 e. The first kappa shape index (κ1) is 16.7. The molecule has 1 aliphatic rings. The van der Waals surface area contributed by atoms with E-state index in [1.54, 1.807) is 0 Å². The number of ether oxygens (including phenoxy) is 1. The van der Waals surface area contributed by atoms with E-state index in [-0.39, 0.29) is 10.7 Å². The molecule has 0 amide bonds. The third kappa shape index (κ3) is 3.85. The SMILES string of the molecule is FC(F)(F)c1cc(Nc2cnnc(N3CCOCC3)n2)ccc1Cl. The van der Waals surface area contributed by atoms with Crippen molar-refractivity contribution in [3.05, 3.63) is 35.0 Å². The van der Waals surface area contributed by atoms with Crippen LogP contribution in [0, 0.1) is 0 Å². The summed E-state index contributed by atoms with van der Waals surface area (Å²) in [5, 5.41) is 10.2. The maximum absolute atomic E-state index is 12.9. The lowest BCUT2D eigenvalue weighted by atomic mass is 10.2. The van der Waals surface area contributed by atoms with Gasteiger partial charge >= 0.3 is 6.18 Å². The Morgan fingerprint density at radius 3 is 2.67 bits per heavy atom. The number of benzene rings is 1. The monoisotopic (exact) mass is 359 g/mol. The van der Waals surface area contributed by atoms with Crippen molar-refractivity contribution < 1.29 is 17.9 Å². The third-order valence-electron chi connectivity index (χ3n) is 3.39. The molecule has 1 aromatic heterocycles. The highest BCUT2D eigenvalue weighted by Crippen LogP contribution is 2.36. The highest BCUT2D eigenvalue weighted by molar-refractivity contribution is 6.31. The van der Waals surface area contributed by atoms with Crippen LogP contribution in [-0.2, 0) is 10.9 Å². The molecule has 2 heterocycles. The van der Waals surface area contributed by atoms with Crippen LogP contribution >= 0.6 is 11.6 Å². The molecule has 3 rings (SSSR count). The molecular weight excluding hydrogens is 347 g/mol. The molecule has 1 saturated heterocycles. The first-order valence-electron chi connectivity index (χ1n) is 7.10. The Labute approximate surface area is 140 Å². The molecule has 24 heavy (non-hydrogen) atoms. The minimum absolute atomic E-state index is 0.208. The zero-order chi connectivity index (χ0) is 17.2. The van der Waals surface area contributed by atoms with E-state index in [9.17, 15) is 13.2 Å². The van der Waals surface area contributed by atoms with Crippen LogP contribution in [0.2, 0.25) is 5.02 Å². The molecule has 0 spiro atoms. The van der Waals surface area contributed by atoms with E-state index in [1.165, 1.54) is 18.3 Å². The second-order valence-corrected chi connectivity index (χ2v) is 5.47. The summed E-state index contributed by atoms with van der Waals surface area (Å²) in [7, 11) is 0. The Morgan fingerprint density at radius 1 is 1.21 bits per heavy atom. The van der Waals surface area contributed by atoms with Crippen molar-refractivity contribution in [2.45, 2.75) is 6.18 Å². The van der Waals surface area contributed by atoms with Gasteiger partial charge in [0.25, 0.3) is 0 Å². The van der Waals surface area contributed by atoms with Crippen LogP contribution in [0.5, 0.6) is 0 Å². The molecule has 1 aromatic carbocycles. The van der Waals surface area contributed by atoms with E-state index in [0.29, 0.717) is 38.1 Å². The molecule has 1 N–H and O–H groups in total. The number of anilines is 3. The number of hydrogen-bond donors (Lipinski definition) is 1. The number of nitrogens with one attached hydrogen (secondary N) is 1. The number of halogens is 4. The van der Waals surface area contributed by atoms with Crippen molar-refractivity contribution in [3.63, 3.8) is 0 Å². The fourth-order valence-electron chi connectivity index (χ4n) is 2.22. The van der Waals surface area contributed by atoms with Crippen molar-refractivity contribution in [3.8, 4) is 0 Å². The lowest BCUT2D eigenvalue weighted by Crippen LogP contribution is -2.37. The lowest BCUT2D eigenvalue weighted by molar-refractivity contribution is -0.137. The molecular formula is C14H13ClF3N5O. The fraction of sp³-hybridized carbons (Fsp3) is 0.357. The molecule has 128 valence electrons. The zero-order valence-corrected chi connectivity index (χ0v) is 13.1. The van der Waals surface area contributed by atoms with Crippen LogP contribution in [0.3, 0.4) is 0 Å². The molecule has 0 atom stereocenters. The van der Waals surface area contributed by atoms with Crippen LogP contribution in [0.25, 0.3) is 0 Å². The van der Waals surface area contributed by atoms with Gasteiger partial charge in [0.1, 0.15) is 0 Å². The number of morpholine rings is 1.